The molecule has 122 valence electrons. The Morgan fingerprint density at radius 1 is 1.23 bits per heavy atom. The summed E-state index contributed by atoms with van der Waals surface area (Å²) in [6, 6.07) is 5.76. The molecule has 1 aliphatic rings. The van der Waals surface area contributed by atoms with Crippen LogP contribution in [0.25, 0.3) is 0 Å². The van der Waals surface area contributed by atoms with E-state index in [4.69, 9.17) is 9.47 Å². The number of benzene rings is 1. The van der Waals surface area contributed by atoms with Crippen LogP contribution in [0, 0.1) is 5.92 Å². The van der Waals surface area contributed by atoms with E-state index in [1.807, 2.05) is 30.0 Å². The van der Waals surface area contributed by atoms with Crippen LogP contribution in [0.3, 0.4) is 0 Å². The fraction of sp³-hybridized carbons (Fsp3) is 0.588. The molecule has 0 radical (unpaired) electrons. The zero-order valence-electron chi connectivity index (χ0n) is 13.8. The highest BCUT2D eigenvalue weighted by molar-refractivity contribution is 8.00. The van der Waals surface area contributed by atoms with Crippen molar-refractivity contribution < 1.29 is 14.3 Å². The number of hydrogen-bond donors (Lipinski definition) is 0. The molecule has 1 amide bonds. The van der Waals surface area contributed by atoms with Gasteiger partial charge in [-0.2, -0.15) is 0 Å². The van der Waals surface area contributed by atoms with Gasteiger partial charge in [-0.05, 0) is 43.9 Å². The normalized spacial score (nSPS) is 17.2. The smallest absolute Gasteiger partial charge is 0.235 e. The lowest BCUT2D eigenvalue weighted by molar-refractivity contribution is -0.131. The maximum Gasteiger partial charge on any atom is 0.235 e. The lowest BCUT2D eigenvalue weighted by atomic mass is 9.99. The Hall–Kier alpha value is -1.36. The van der Waals surface area contributed by atoms with Gasteiger partial charge in [0.1, 0.15) is 0 Å². The number of nitrogens with zero attached hydrogens (tertiary/aromatic N) is 1. The van der Waals surface area contributed by atoms with Crippen LogP contribution in [0.15, 0.2) is 23.1 Å². The maximum atomic E-state index is 12.5. The summed E-state index contributed by atoms with van der Waals surface area (Å²) in [5.41, 5.74) is 0. The fourth-order valence-corrected chi connectivity index (χ4v) is 3.61. The van der Waals surface area contributed by atoms with Crippen molar-refractivity contribution in [3.8, 4) is 11.5 Å². The first kappa shape index (κ1) is 17.0. The van der Waals surface area contributed by atoms with Crippen molar-refractivity contribution in [1.82, 2.24) is 4.90 Å². The number of amides is 1. The van der Waals surface area contributed by atoms with Gasteiger partial charge in [-0.1, -0.05) is 6.92 Å². The van der Waals surface area contributed by atoms with Gasteiger partial charge in [0.2, 0.25) is 5.91 Å². The van der Waals surface area contributed by atoms with Gasteiger partial charge in [0.25, 0.3) is 0 Å². The van der Waals surface area contributed by atoms with E-state index in [9.17, 15) is 4.79 Å². The Kier molecular flexibility index (Phi) is 6.00. The first-order valence-corrected chi connectivity index (χ1v) is 8.60. The molecule has 2 rings (SSSR count). The molecule has 0 unspecified atom stereocenters. The topological polar surface area (TPSA) is 38.8 Å². The summed E-state index contributed by atoms with van der Waals surface area (Å²) in [7, 11) is 3.24. The molecule has 1 saturated heterocycles. The number of methoxy groups -OCH3 is 2. The molecular weight excluding hydrogens is 298 g/mol. The van der Waals surface area contributed by atoms with Crippen LogP contribution in [0.4, 0.5) is 0 Å². The highest BCUT2D eigenvalue weighted by atomic mass is 32.2. The summed E-state index contributed by atoms with van der Waals surface area (Å²) in [4.78, 5) is 15.6. The average Bonchev–Trinajstić information content (AvgIpc) is 2.54. The second-order valence-electron chi connectivity index (χ2n) is 5.78. The Balaban J connectivity index is 1.99. The zero-order valence-corrected chi connectivity index (χ0v) is 14.6. The fourth-order valence-electron chi connectivity index (χ4n) is 2.63. The minimum atomic E-state index is -0.0912. The number of likely N-dealkylation sites (tertiary alicyclic amines) is 1. The van der Waals surface area contributed by atoms with Gasteiger partial charge in [0, 0.05) is 18.0 Å². The van der Waals surface area contributed by atoms with E-state index in [0.717, 1.165) is 36.7 Å². The van der Waals surface area contributed by atoms with Crippen LogP contribution in [-0.4, -0.2) is 43.4 Å². The third kappa shape index (κ3) is 4.09. The molecule has 1 aliphatic heterocycles. The molecule has 4 nitrogen and oxygen atoms in total. The predicted molar refractivity (Wildman–Crippen MR) is 89.8 cm³/mol. The van der Waals surface area contributed by atoms with E-state index in [0.29, 0.717) is 11.5 Å². The number of carbonyl (C=O) groups excluding carboxylic acids is 1. The number of ether oxygens (including phenoxy) is 2. The number of hydrogen-bond acceptors (Lipinski definition) is 4. The summed E-state index contributed by atoms with van der Waals surface area (Å²) >= 11 is 1.57. The molecule has 0 spiro atoms. The summed E-state index contributed by atoms with van der Waals surface area (Å²) in [6.07, 6.45) is 2.22. The molecule has 0 saturated carbocycles. The molecule has 0 aliphatic carbocycles. The van der Waals surface area contributed by atoms with Crippen molar-refractivity contribution in [2.24, 2.45) is 5.92 Å². The first-order chi connectivity index (χ1) is 10.5. The average molecular weight is 323 g/mol. The third-order valence-corrected chi connectivity index (χ3v) is 5.19. The highest BCUT2D eigenvalue weighted by Crippen LogP contribution is 2.34. The van der Waals surface area contributed by atoms with Crippen molar-refractivity contribution in [2.75, 3.05) is 27.3 Å². The molecule has 0 bridgehead atoms. The maximum absolute atomic E-state index is 12.5. The summed E-state index contributed by atoms with van der Waals surface area (Å²) in [5.74, 6) is 2.36. The Bertz CT molecular complexity index is 513. The molecule has 1 aromatic rings. The minimum Gasteiger partial charge on any atom is -0.493 e. The van der Waals surface area contributed by atoms with Crippen LogP contribution >= 0.6 is 11.8 Å². The monoisotopic (exact) mass is 323 g/mol. The van der Waals surface area contributed by atoms with E-state index < -0.39 is 0 Å². The minimum absolute atomic E-state index is 0.0912. The molecule has 0 aromatic heterocycles. The summed E-state index contributed by atoms with van der Waals surface area (Å²) in [5, 5.41) is -0.0912. The van der Waals surface area contributed by atoms with E-state index in [1.54, 1.807) is 26.0 Å². The van der Waals surface area contributed by atoms with Crippen LogP contribution in [0.2, 0.25) is 0 Å². The van der Waals surface area contributed by atoms with Gasteiger partial charge < -0.3 is 14.4 Å². The molecule has 1 aromatic carbocycles. The highest BCUT2D eigenvalue weighted by Gasteiger charge is 2.25. The van der Waals surface area contributed by atoms with Gasteiger partial charge >= 0.3 is 0 Å². The van der Waals surface area contributed by atoms with Gasteiger partial charge in [-0.25, -0.2) is 0 Å². The number of thioether (sulfide) groups is 1. The van der Waals surface area contributed by atoms with Crippen molar-refractivity contribution in [3.63, 3.8) is 0 Å². The Labute approximate surface area is 137 Å². The van der Waals surface area contributed by atoms with Crippen LogP contribution < -0.4 is 9.47 Å². The van der Waals surface area contributed by atoms with E-state index in [-0.39, 0.29) is 11.2 Å². The lowest BCUT2D eigenvalue weighted by Crippen LogP contribution is -2.41. The third-order valence-electron chi connectivity index (χ3n) is 4.11. The second kappa shape index (κ2) is 7.77. The van der Waals surface area contributed by atoms with Crippen molar-refractivity contribution >= 4 is 17.7 Å². The largest absolute Gasteiger partial charge is 0.493 e. The number of rotatable bonds is 5. The second-order valence-corrected chi connectivity index (χ2v) is 7.20. The van der Waals surface area contributed by atoms with E-state index in [2.05, 4.69) is 6.92 Å². The first-order valence-electron chi connectivity index (χ1n) is 7.72. The van der Waals surface area contributed by atoms with Gasteiger partial charge in [0.05, 0.1) is 19.5 Å². The SMILES string of the molecule is COc1ccc(S[C@@H](C)C(=O)N2CCC(C)CC2)cc1OC. The summed E-state index contributed by atoms with van der Waals surface area (Å²) < 4.78 is 10.6. The van der Waals surface area contributed by atoms with Crippen LogP contribution in [0.1, 0.15) is 26.7 Å². The van der Waals surface area contributed by atoms with Crippen molar-refractivity contribution in [1.29, 1.82) is 0 Å². The lowest BCUT2D eigenvalue weighted by Gasteiger charge is -2.32. The number of carbonyl (C=O) groups is 1. The quantitative estimate of drug-likeness (QED) is 0.778. The molecule has 1 fully saturated rings. The molecule has 1 heterocycles. The standard InChI is InChI=1S/C17H25NO3S/c1-12-7-9-18(10-8-12)17(19)13(2)22-14-5-6-15(20-3)16(11-14)21-4/h5-6,11-13H,7-10H2,1-4H3/t13-/m0/s1. The van der Waals surface area contributed by atoms with Crippen molar-refractivity contribution in [3.05, 3.63) is 18.2 Å². The molecule has 5 heteroatoms. The van der Waals surface area contributed by atoms with Gasteiger partial charge in [-0.3, -0.25) is 4.79 Å². The predicted octanol–water partition coefficient (Wildman–Crippen LogP) is 3.44. The van der Waals surface area contributed by atoms with Crippen LogP contribution in [-0.2, 0) is 4.79 Å². The van der Waals surface area contributed by atoms with Crippen LogP contribution in [0.5, 0.6) is 11.5 Å². The Morgan fingerprint density at radius 3 is 2.45 bits per heavy atom. The molecule has 0 N–H and O–H groups in total. The molecule has 1 atom stereocenters. The van der Waals surface area contributed by atoms with E-state index >= 15 is 0 Å². The Morgan fingerprint density at radius 2 is 1.86 bits per heavy atom. The van der Waals surface area contributed by atoms with Gasteiger partial charge in [0.15, 0.2) is 11.5 Å². The molecule has 22 heavy (non-hydrogen) atoms. The molecular formula is C17H25NO3S. The van der Waals surface area contributed by atoms with Crippen molar-refractivity contribution in [2.45, 2.75) is 36.8 Å². The summed E-state index contributed by atoms with van der Waals surface area (Å²) in [6.45, 7) is 6.00. The van der Waals surface area contributed by atoms with Gasteiger partial charge in [-0.15, -0.1) is 11.8 Å². The number of piperidine rings is 1. The zero-order chi connectivity index (χ0) is 16.1. The van der Waals surface area contributed by atoms with E-state index in [1.165, 1.54) is 0 Å².